The van der Waals surface area contributed by atoms with Crippen LogP contribution < -0.4 is 4.74 Å². The monoisotopic (exact) mass is 306 g/mol. The van der Waals surface area contributed by atoms with Gasteiger partial charge in [-0.2, -0.15) is 0 Å². The smallest absolute Gasteiger partial charge is 0.177 e. The summed E-state index contributed by atoms with van der Waals surface area (Å²) >= 11 is 6.43. The molecule has 0 fully saturated rings. The van der Waals surface area contributed by atoms with E-state index < -0.39 is 0 Å². The summed E-state index contributed by atoms with van der Waals surface area (Å²) in [5.74, 6) is 0.602. The van der Waals surface area contributed by atoms with E-state index in [1.165, 1.54) is 0 Å². The second-order valence-corrected chi connectivity index (χ2v) is 3.79. The maximum Gasteiger partial charge on any atom is 0.177 e. The van der Waals surface area contributed by atoms with Crippen molar-refractivity contribution in [3.8, 4) is 5.75 Å². The van der Waals surface area contributed by atoms with Crippen molar-refractivity contribution < 1.29 is 9.53 Å². The Kier molecular flexibility index (Phi) is 3.93. The van der Waals surface area contributed by atoms with E-state index in [1.54, 1.807) is 13.2 Å². The summed E-state index contributed by atoms with van der Waals surface area (Å²) in [5, 5.41) is 0.305. The van der Waals surface area contributed by atoms with E-state index in [4.69, 9.17) is 4.74 Å². The lowest BCUT2D eigenvalue weighted by atomic mass is 10.1. The molecule has 0 spiro atoms. The van der Waals surface area contributed by atoms with E-state index in [9.17, 15) is 4.79 Å². The topological polar surface area (TPSA) is 26.3 Å². The molecule has 0 aliphatic rings. The van der Waals surface area contributed by atoms with E-state index >= 15 is 0 Å². The van der Waals surface area contributed by atoms with Crippen molar-refractivity contribution in [2.75, 3.05) is 12.4 Å². The zero-order chi connectivity index (χ0) is 9.84. The number of carbonyl (C=O) groups excluding carboxylic acids is 1. The van der Waals surface area contributed by atoms with Gasteiger partial charge in [-0.25, -0.2) is 0 Å². The molecule has 0 bridgehead atoms. The molecule has 0 saturated heterocycles. The third kappa shape index (κ3) is 2.31. The fraction of sp³-hybridized carbons (Fsp3) is 0.222. The van der Waals surface area contributed by atoms with Crippen molar-refractivity contribution in [2.24, 2.45) is 0 Å². The highest BCUT2D eigenvalue weighted by atomic mass is 79.9. The van der Waals surface area contributed by atoms with Crippen molar-refractivity contribution in [1.29, 1.82) is 0 Å². The molecule has 0 amide bonds. The second kappa shape index (κ2) is 4.77. The van der Waals surface area contributed by atoms with Crippen molar-refractivity contribution in [2.45, 2.75) is 0 Å². The first-order valence-electron chi connectivity index (χ1n) is 3.62. The van der Waals surface area contributed by atoms with E-state index in [2.05, 4.69) is 31.9 Å². The van der Waals surface area contributed by atoms with Gasteiger partial charge in [0.2, 0.25) is 0 Å². The fourth-order valence-corrected chi connectivity index (χ4v) is 1.84. The Hall–Kier alpha value is -0.350. The van der Waals surface area contributed by atoms with E-state index in [-0.39, 0.29) is 5.78 Å². The average Bonchev–Trinajstić information content (AvgIpc) is 2.16. The molecule has 0 heterocycles. The molecule has 0 N–H and O–H groups in total. The van der Waals surface area contributed by atoms with Crippen molar-refractivity contribution in [3.63, 3.8) is 0 Å². The van der Waals surface area contributed by atoms with Gasteiger partial charge in [-0.05, 0) is 28.1 Å². The number of Topliss-reactive ketones (excluding diaryl/α,β-unsaturated/α-hetero) is 1. The van der Waals surface area contributed by atoms with Crippen LogP contribution in [0.5, 0.6) is 5.75 Å². The van der Waals surface area contributed by atoms with Crippen LogP contribution in [0.15, 0.2) is 22.7 Å². The summed E-state index contributed by atoms with van der Waals surface area (Å²) < 4.78 is 5.90. The molecular weight excluding hydrogens is 300 g/mol. The lowest BCUT2D eigenvalue weighted by Gasteiger charge is -2.07. The third-order valence-electron chi connectivity index (χ3n) is 1.59. The van der Waals surface area contributed by atoms with Crippen LogP contribution in [-0.2, 0) is 0 Å². The van der Waals surface area contributed by atoms with Crippen LogP contribution in [-0.4, -0.2) is 18.2 Å². The number of ether oxygens (including phenoxy) is 1. The predicted octanol–water partition coefficient (Wildman–Crippen LogP) is 3.04. The number of alkyl halides is 1. The zero-order valence-electron chi connectivity index (χ0n) is 7.01. The Morgan fingerprint density at radius 1 is 1.54 bits per heavy atom. The standard InChI is InChI=1S/C9H8Br2O2/c1-13-9-6(8(12)5-10)3-2-4-7(9)11/h2-4H,5H2,1H3. The van der Waals surface area contributed by atoms with Crippen molar-refractivity contribution in [3.05, 3.63) is 28.2 Å². The molecule has 0 radical (unpaired) electrons. The highest BCUT2D eigenvalue weighted by Gasteiger charge is 2.12. The largest absolute Gasteiger partial charge is 0.495 e. The molecule has 0 atom stereocenters. The number of rotatable bonds is 3. The molecule has 1 aromatic rings. The molecule has 0 unspecified atom stereocenters. The second-order valence-electron chi connectivity index (χ2n) is 2.38. The average molecular weight is 308 g/mol. The Morgan fingerprint density at radius 3 is 2.77 bits per heavy atom. The molecule has 0 aliphatic carbocycles. The molecule has 4 heteroatoms. The fourth-order valence-electron chi connectivity index (χ4n) is 1.01. The van der Waals surface area contributed by atoms with Crippen LogP contribution in [0, 0.1) is 0 Å². The summed E-state index contributed by atoms with van der Waals surface area (Å²) in [4.78, 5) is 11.4. The van der Waals surface area contributed by atoms with Gasteiger partial charge in [0.15, 0.2) is 5.78 Å². The van der Waals surface area contributed by atoms with Gasteiger partial charge in [0.05, 0.1) is 22.5 Å². The molecule has 1 rings (SSSR count). The molecule has 0 aromatic heterocycles. The quantitative estimate of drug-likeness (QED) is 0.634. The van der Waals surface area contributed by atoms with Gasteiger partial charge in [0.1, 0.15) is 5.75 Å². The minimum atomic E-state index is 0.0122. The van der Waals surface area contributed by atoms with Crippen molar-refractivity contribution >= 4 is 37.6 Å². The van der Waals surface area contributed by atoms with Gasteiger partial charge >= 0.3 is 0 Å². The van der Waals surface area contributed by atoms with Crippen LogP contribution in [0.3, 0.4) is 0 Å². The van der Waals surface area contributed by atoms with E-state index in [0.29, 0.717) is 16.6 Å². The highest BCUT2D eigenvalue weighted by molar-refractivity contribution is 9.10. The minimum absolute atomic E-state index is 0.0122. The lowest BCUT2D eigenvalue weighted by molar-refractivity contribution is 0.102. The van der Waals surface area contributed by atoms with Crippen LogP contribution in [0.4, 0.5) is 0 Å². The predicted molar refractivity (Wildman–Crippen MR) is 58.8 cm³/mol. The first kappa shape index (κ1) is 10.7. The summed E-state index contributed by atoms with van der Waals surface area (Å²) in [6, 6.07) is 5.39. The normalized spacial score (nSPS) is 9.77. The number of carbonyl (C=O) groups is 1. The van der Waals surface area contributed by atoms with Gasteiger partial charge in [-0.1, -0.05) is 22.0 Å². The SMILES string of the molecule is COc1c(Br)cccc1C(=O)CBr. The Morgan fingerprint density at radius 2 is 2.23 bits per heavy atom. The number of para-hydroxylation sites is 1. The minimum Gasteiger partial charge on any atom is -0.495 e. The lowest BCUT2D eigenvalue weighted by Crippen LogP contribution is -2.03. The number of hydrogen-bond donors (Lipinski definition) is 0. The summed E-state index contributed by atoms with van der Waals surface area (Å²) in [6.07, 6.45) is 0. The zero-order valence-corrected chi connectivity index (χ0v) is 10.2. The Balaban J connectivity index is 3.20. The summed E-state index contributed by atoms with van der Waals surface area (Å²) in [6.45, 7) is 0. The third-order valence-corrected chi connectivity index (χ3v) is 2.73. The van der Waals surface area contributed by atoms with Gasteiger partial charge in [-0.3, -0.25) is 4.79 Å². The molecule has 0 saturated carbocycles. The van der Waals surface area contributed by atoms with Gasteiger partial charge in [0.25, 0.3) is 0 Å². The molecular formula is C9H8Br2O2. The molecule has 70 valence electrons. The first-order chi connectivity index (χ1) is 6.20. The maximum absolute atomic E-state index is 11.4. The first-order valence-corrected chi connectivity index (χ1v) is 5.53. The maximum atomic E-state index is 11.4. The number of halogens is 2. The van der Waals surface area contributed by atoms with Crippen LogP contribution in [0.25, 0.3) is 0 Å². The number of ketones is 1. The number of methoxy groups -OCH3 is 1. The number of benzene rings is 1. The Labute approximate surface area is 93.5 Å². The molecule has 13 heavy (non-hydrogen) atoms. The van der Waals surface area contributed by atoms with E-state index in [0.717, 1.165) is 4.47 Å². The molecule has 2 nitrogen and oxygen atoms in total. The van der Waals surface area contributed by atoms with Crippen LogP contribution in [0.1, 0.15) is 10.4 Å². The molecule has 1 aromatic carbocycles. The van der Waals surface area contributed by atoms with Gasteiger partial charge < -0.3 is 4.74 Å². The number of hydrogen-bond acceptors (Lipinski definition) is 2. The summed E-state index contributed by atoms with van der Waals surface area (Å²) in [7, 11) is 1.55. The van der Waals surface area contributed by atoms with Crippen LogP contribution in [0.2, 0.25) is 0 Å². The Bertz CT molecular complexity index is 323. The van der Waals surface area contributed by atoms with Crippen molar-refractivity contribution in [1.82, 2.24) is 0 Å². The van der Waals surface area contributed by atoms with Gasteiger partial charge in [-0.15, -0.1) is 0 Å². The van der Waals surface area contributed by atoms with E-state index in [1.807, 2.05) is 12.1 Å². The highest BCUT2D eigenvalue weighted by Crippen LogP contribution is 2.29. The van der Waals surface area contributed by atoms with Gasteiger partial charge in [0, 0.05) is 0 Å². The molecule has 0 aliphatic heterocycles. The summed E-state index contributed by atoms with van der Waals surface area (Å²) in [5.41, 5.74) is 0.591. The van der Waals surface area contributed by atoms with Crippen LogP contribution >= 0.6 is 31.9 Å².